The van der Waals surface area contributed by atoms with E-state index >= 15 is 0 Å². The average molecular weight is 438 g/mol. The molecule has 7 nitrogen and oxygen atoms in total. The summed E-state index contributed by atoms with van der Waals surface area (Å²) in [6.45, 7) is 2.53. The minimum atomic E-state index is -4.35. The fourth-order valence-electron chi connectivity index (χ4n) is 5.60. The lowest BCUT2D eigenvalue weighted by Crippen LogP contribution is -2.68. The molecule has 1 N–H and O–H groups in total. The third kappa shape index (κ3) is 3.97. The van der Waals surface area contributed by atoms with Gasteiger partial charge in [0.05, 0.1) is 17.7 Å². The second kappa shape index (κ2) is 7.36. The van der Waals surface area contributed by atoms with Crippen LogP contribution in [0.2, 0.25) is 0 Å². The van der Waals surface area contributed by atoms with Crippen LogP contribution in [0.15, 0.2) is 18.3 Å². The van der Waals surface area contributed by atoms with E-state index < -0.39 is 11.7 Å². The molecule has 4 fully saturated rings. The molecular weight excluding hydrogens is 413 g/mol. The van der Waals surface area contributed by atoms with Crippen molar-refractivity contribution >= 4 is 11.9 Å². The Hall–Kier alpha value is -2.36. The van der Waals surface area contributed by atoms with Gasteiger partial charge in [-0.05, 0) is 43.7 Å². The van der Waals surface area contributed by atoms with Gasteiger partial charge >= 0.3 is 12.2 Å². The van der Waals surface area contributed by atoms with E-state index in [1.165, 1.54) is 6.20 Å². The topological polar surface area (TPSA) is 74.8 Å². The van der Waals surface area contributed by atoms with E-state index in [0.717, 1.165) is 25.0 Å². The third-order valence-electron chi connectivity index (χ3n) is 7.00. The molecule has 168 valence electrons. The summed E-state index contributed by atoms with van der Waals surface area (Å²) in [6.07, 6.45) is -0.0994. The molecule has 1 aromatic rings. The van der Waals surface area contributed by atoms with Crippen LogP contribution >= 0.6 is 0 Å². The lowest BCUT2D eigenvalue weighted by atomic mass is 9.57. The van der Waals surface area contributed by atoms with Gasteiger partial charge in [0.1, 0.15) is 6.61 Å². The van der Waals surface area contributed by atoms with Crippen LogP contribution < -0.4 is 5.32 Å². The molecule has 1 aliphatic carbocycles. The predicted molar refractivity (Wildman–Crippen MR) is 103 cm³/mol. The van der Waals surface area contributed by atoms with Crippen molar-refractivity contribution in [3.05, 3.63) is 29.6 Å². The van der Waals surface area contributed by atoms with Crippen LogP contribution in [0.4, 0.5) is 18.0 Å². The smallest absolute Gasteiger partial charge is 0.366 e. The third-order valence-corrected chi connectivity index (χ3v) is 7.00. The molecule has 0 radical (unpaired) electrons. The Bertz CT molecular complexity index is 879. The first-order valence-corrected chi connectivity index (χ1v) is 10.7. The first-order chi connectivity index (χ1) is 14.7. The maximum atomic E-state index is 12.9. The fourth-order valence-corrected chi connectivity index (χ4v) is 5.60. The highest BCUT2D eigenvalue weighted by atomic mass is 19.4. The van der Waals surface area contributed by atoms with Crippen molar-refractivity contribution in [3.63, 3.8) is 0 Å². The molecule has 10 heteroatoms. The zero-order valence-electron chi connectivity index (χ0n) is 17.0. The summed E-state index contributed by atoms with van der Waals surface area (Å²) in [5, 5.41) is 2.91. The number of hydrogen-bond acceptors (Lipinski definition) is 4. The van der Waals surface area contributed by atoms with Gasteiger partial charge < -0.3 is 19.9 Å². The number of rotatable bonds is 2. The highest BCUT2D eigenvalue weighted by molar-refractivity contribution is 5.79. The van der Waals surface area contributed by atoms with Crippen LogP contribution in [0.25, 0.3) is 0 Å². The summed E-state index contributed by atoms with van der Waals surface area (Å²) in [4.78, 5) is 32.1. The molecule has 1 saturated carbocycles. The number of amides is 3. The summed E-state index contributed by atoms with van der Waals surface area (Å²) < 4.78 is 44.2. The largest absolute Gasteiger partial charge is 0.416 e. The number of hydrogen-bond donors (Lipinski definition) is 1. The Labute approximate surface area is 177 Å². The highest BCUT2D eigenvalue weighted by Gasteiger charge is 2.54. The number of ether oxygens (including phenoxy) is 1. The van der Waals surface area contributed by atoms with Crippen LogP contribution in [0.3, 0.4) is 0 Å². The number of aromatic nitrogens is 1. The molecule has 1 aromatic heterocycles. The molecule has 31 heavy (non-hydrogen) atoms. The Morgan fingerprint density at radius 2 is 2.06 bits per heavy atom. The van der Waals surface area contributed by atoms with E-state index in [0.29, 0.717) is 50.6 Å². The number of urea groups is 1. The molecule has 3 aliphatic heterocycles. The number of fused-ring (bicyclic) bond motifs is 1. The Morgan fingerprint density at radius 3 is 2.81 bits per heavy atom. The summed E-state index contributed by atoms with van der Waals surface area (Å²) in [7, 11) is 0. The fraction of sp³-hybridized carbons (Fsp3) is 0.667. The van der Waals surface area contributed by atoms with Crippen molar-refractivity contribution in [2.45, 2.75) is 44.0 Å². The zero-order chi connectivity index (χ0) is 21.8. The number of nitrogens with one attached hydrogen (secondary N) is 1. The predicted octanol–water partition coefficient (Wildman–Crippen LogP) is 2.06. The maximum Gasteiger partial charge on any atom is 0.416 e. The van der Waals surface area contributed by atoms with Gasteiger partial charge in [-0.25, -0.2) is 4.79 Å². The monoisotopic (exact) mass is 438 g/mol. The van der Waals surface area contributed by atoms with Gasteiger partial charge in [-0.2, -0.15) is 13.2 Å². The van der Waals surface area contributed by atoms with E-state index in [1.54, 1.807) is 4.90 Å². The first-order valence-electron chi connectivity index (χ1n) is 10.7. The first kappa shape index (κ1) is 20.5. The van der Waals surface area contributed by atoms with Gasteiger partial charge in [0.2, 0.25) is 5.91 Å². The SMILES string of the molecule is O=C1CO[C@H]2CCN(C(=O)N3CC4(CC(Cc5cc(C(F)(F)F)ccn5)C4)C3)C[C@H]2N1. The van der Waals surface area contributed by atoms with Crippen molar-refractivity contribution in [2.24, 2.45) is 11.3 Å². The number of likely N-dealkylation sites (tertiary alicyclic amines) is 2. The van der Waals surface area contributed by atoms with E-state index in [9.17, 15) is 22.8 Å². The maximum absolute atomic E-state index is 12.9. The van der Waals surface area contributed by atoms with Crippen LogP contribution in [-0.4, -0.2) is 71.7 Å². The van der Waals surface area contributed by atoms with Gasteiger partial charge in [-0.1, -0.05) is 0 Å². The van der Waals surface area contributed by atoms with Crippen LogP contribution in [-0.2, 0) is 22.1 Å². The van der Waals surface area contributed by atoms with Crippen molar-refractivity contribution < 1.29 is 27.5 Å². The molecule has 2 atom stereocenters. The van der Waals surface area contributed by atoms with E-state index in [4.69, 9.17) is 4.74 Å². The molecule has 4 heterocycles. The van der Waals surface area contributed by atoms with E-state index in [1.807, 2.05) is 4.90 Å². The normalized spacial score (nSPS) is 27.9. The molecule has 3 amide bonds. The lowest BCUT2D eigenvalue weighted by molar-refractivity contribution is -0.140. The minimum Gasteiger partial charge on any atom is -0.366 e. The van der Waals surface area contributed by atoms with E-state index in [-0.39, 0.29) is 36.1 Å². The summed E-state index contributed by atoms with van der Waals surface area (Å²) in [6, 6.07) is 1.97. The minimum absolute atomic E-state index is 0.00751. The van der Waals surface area contributed by atoms with Gasteiger partial charge in [0.15, 0.2) is 0 Å². The number of nitrogens with zero attached hydrogens (tertiary/aromatic N) is 3. The molecule has 0 bridgehead atoms. The summed E-state index contributed by atoms with van der Waals surface area (Å²) in [5.74, 6) is 0.160. The molecule has 5 rings (SSSR count). The van der Waals surface area contributed by atoms with Crippen molar-refractivity contribution in [1.29, 1.82) is 0 Å². The lowest BCUT2D eigenvalue weighted by Gasteiger charge is -2.60. The standard InChI is InChI=1S/C21H25F3N4O3/c22-21(23,24)14-1-3-25-15(6-14)5-13-7-20(8-13)11-28(12-20)19(30)27-4-2-17-16(9-27)26-18(29)10-31-17/h1,3,6,13,16-17H,2,4-5,7-12H2,(H,26,29)/t16-,17+/m1/s1. The second-order valence-electron chi connectivity index (χ2n) is 9.41. The summed E-state index contributed by atoms with van der Waals surface area (Å²) in [5.41, 5.74) is -0.0838. The number of carbonyl (C=O) groups excluding carboxylic acids is 2. The number of pyridine rings is 1. The molecule has 1 spiro atoms. The molecule has 4 aliphatic rings. The number of alkyl halides is 3. The van der Waals surface area contributed by atoms with Gasteiger partial charge in [-0.3, -0.25) is 9.78 Å². The number of carbonyl (C=O) groups is 2. The van der Waals surface area contributed by atoms with E-state index in [2.05, 4.69) is 10.3 Å². The number of morpholine rings is 1. The van der Waals surface area contributed by atoms with Crippen molar-refractivity contribution in [3.8, 4) is 0 Å². The van der Waals surface area contributed by atoms with Crippen molar-refractivity contribution in [2.75, 3.05) is 32.8 Å². The Kier molecular flexibility index (Phi) is 4.87. The molecule has 0 unspecified atom stereocenters. The van der Waals surface area contributed by atoms with Gasteiger partial charge in [-0.15, -0.1) is 0 Å². The quantitative estimate of drug-likeness (QED) is 0.767. The molecule has 0 aromatic carbocycles. The Balaban J connectivity index is 1.10. The average Bonchev–Trinajstić information content (AvgIpc) is 2.67. The zero-order valence-corrected chi connectivity index (χ0v) is 17.0. The molecular formula is C21H25F3N4O3. The Morgan fingerprint density at radius 1 is 1.29 bits per heavy atom. The van der Waals surface area contributed by atoms with Crippen molar-refractivity contribution in [1.82, 2.24) is 20.1 Å². The number of halogens is 3. The van der Waals surface area contributed by atoms with Crippen LogP contribution in [0.1, 0.15) is 30.5 Å². The van der Waals surface area contributed by atoms with Crippen LogP contribution in [0, 0.1) is 11.3 Å². The number of piperidine rings is 1. The summed E-state index contributed by atoms with van der Waals surface area (Å²) >= 11 is 0. The van der Waals surface area contributed by atoms with Crippen LogP contribution in [0.5, 0.6) is 0 Å². The second-order valence-corrected chi connectivity index (χ2v) is 9.41. The van der Waals surface area contributed by atoms with Gasteiger partial charge in [0.25, 0.3) is 0 Å². The molecule has 3 saturated heterocycles. The highest BCUT2D eigenvalue weighted by Crippen LogP contribution is 2.53. The van der Waals surface area contributed by atoms with Gasteiger partial charge in [0, 0.05) is 43.5 Å².